The number of alkyl halides is 3. The first-order valence-electron chi connectivity index (χ1n) is 8.86. The molecular formula is C19H17F3N4O2. The first-order valence-corrected chi connectivity index (χ1v) is 8.86. The number of carbonyl (C=O) groups excluding carboxylic acids is 1. The average molecular weight is 390 g/mol. The van der Waals surface area contributed by atoms with E-state index < -0.39 is 23.3 Å². The van der Waals surface area contributed by atoms with Crippen LogP contribution in [0.5, 0.6) is 0 Å². The highest BCUT2D eigenvalue weighted by Crippen LogP contribution is 2.38. The van der Waals surface area contributed by atoms with Gasteiger partial charge in [-0.15, -0.1) is 0 Å². The minimum atomic E-state index is -4.72. The van der Waals surface area contributed by atoms with Crippen molar-refractivity contribution in [2.45, 2.75) is 25.9 Å². The van der Waals surface area contributed by atoms with Crippen LogP contribution < -0.4 is 5.56 Å². The first-order chi connectivity index (χ1) is 13.3. The molecule has 1 N–H and O–H groups in total. The summed E-state index contributed by atoms with van der Waals surface area (Å²) in [5.74, 6) is -0.494. The van der Waals surface area contributed by atoms with Gasteiger partial charge >= 0.3 is 6.18 Å². The maximum atomic E-state index is 13.7. The molecular weight excluding hydrogens is 373 g/mol. The Morgan fingerprint density at radius 1 is 1.14 bits per heavy atom. The Morgan fingerprint density at radius 3 is 2.39 bits per heavy atom. The zero-order chi connectivity index (χ0) is 20.1. The van der Waals surface area contributed by atoms with Crippen LogP contribution >= 0.6 is 0 Å². The molecule has 4 rings (SSSR count). The van der Waals surface area contributed by atoms with Crippen molar-refractivity contribution in [2.75, 3.05) is 13.1 Å². The van der Waals surface area contributed by atoms with Crippen LogP contribution in [-0.4, -0.2) is 38.5 Å². The van der Waals surface area contributed by atoms with Crippen LogP contribution in [0, 0.1) is 6.92 Å². The minimum Gasteiger partial charge on any atom is -0.338 e. The second-order valence-electron chi connectivity index (χ2n) is 6.76. The average Bonchev–Trinajstić information content (AvgIpc) is 3.30. The molecule has 0 bridgehead atoms. The second-order valence-corrected chi connectivity index (χ2v) is 6.76. The number of aryl methyl sites for hydroxylation is 1. The van der Waals surface area contributed by atoms with Gasteiger partial charge in [-0.1, -0.05) is 30.3 Å². The summed E-state index contributed by atoms with van der Waals surface area (Å²) in [6.07, 6.45) is -3.06. The van der Waals surface area contributed by atoms with Crippen LogP contribution in [0.3, 0.4) is 0 Å². The highest BCUT2D eigenvalue weighted by Gasteiger charge is 2.39. The molecule has 1 aromatic carbocycles. The van der Waals surface area contributed by atoms with E-state index in [-0.39, 0.29) is 28.0 Å². The molecule has 1 amide bonds. The lowest BCUT2D eigenvalue weighted by atomic mass is 10.1. The van der Waals surface area contributed by atoms with Gasteiger partial charge in [-0.3, -0.25) is 14.7 Å². The van der Waals surface area contributed by atoms with Gasteiger partial charge < -0.3 is 4.90 Å². The van der Waals surface area contributed by atoms with Crippen molar-refractivity contribution in [1.82, 2.24) is 19.5 Å². The number of aromatic nitrogens is 3. The van der Waals surface area contributed by atoms with Crippen molar-refractivity contribution in [3.05, 3.63) is 57.6 Å². The van der Waals surface area contributed by atoms with E-state index in [0.29, 0.717) is 13.1 Å². The van der Waals surface area contributed by atoms with Gasteiger partial charge in [0, 0.05) is 13.1 Å². The third-order valence-corrected chi connectivity index (χ3v) is 4.91. The molecule has 0 unspecified atom stereocenters. The molecule has 2 aromatic heterocycles. The van der Waals surface area contributed by atoms with E-state index in [2.05, 4.69) is 10.1 Å². The number of carbonyl (C=O) groups is 1. The van der Waals surface area contributed by atoms with E-state index >= 15 is 0 Å². The first kappa shape index (κ1) is 18.3. The summed E-state index contributed by atoms with van der Waals surface area (Å²) in [5.41, 5.74) is -2.08. The van der Waals surface area contributed by atoms with Gasteiger partial charge in [-0.05, 0) is 25.3 Å². The number of rotatable bonds is 2. The van der Waals surface area contributed by atoms with Crippen molar-refractivity contribution in [3.63, 3.8) is 0 Å². The summed E-state index contributed by atoms with van der Waals surface area (Å²) >= 11 is 0. The molecule has 1 aliphatic heterocycles. The summed E-state index contributed by atoms with van der Waals surface area (Å²) < 4.78 is 41.7. The van der Waals surface area contributed by atoms with Crippen LogP contribution in [0.1, 0.15) is 34.6 Å². The molecule has 1 saturated heterocycles. The molecule has 28 heavy (non-hydrogen) atoms. The van der Waals surface area contributed by atoms with E-state index in [1.165, 1.54) is 24.0 Å². The molecule has 0 atom stereocenters. The molecule has 3 heterocycles. The van der Waals surface area contributed by atoms with E-state index in [4.69, 9.17) is 0 Å². The summed E-state index contributed by atoms with van der Waals surface area (Å²) in [6.45, 7) is 2.52. The molecule has 9 heteroatoms. The summed E-state index contributed by atoms with van der Waals surface area (Å²) in [7, 11) is 0. The Kier molecular flexibility index (Phi) is 4.24. The Bertz CT molecular complexity index is 1110. The predicted molar refractivity (Wildman–Crippen MR) is 96.1 cm³/mol. The number of hydrogen-bond donors (Lipinski definition) is 1. The lowest BCUT2D eigenvalue weighted by Crippen LogP contribution is -2.35. The highest BCUT2D eigenvalue weighted by molar-refractivity contribution is 5.95. The predicted octanol–water partition coefficient (Wildman–Crippen LogP) is 3.25. The third-order valence-electron chi connectivity index (χ3n) is 4.91. The van der Waals surface area contributed by atoms with E-state index in [1.807, 2.05) is 0 Å². The standard InChI is InChI=1S/C19H17F3N4O2/c1-11-13(17(27)25-9-5-6-10-25)18(28)26-16(23-11)14(12-7-3-2-4-8-12)15(24-26)19(20,21)22/h2-4,7-8,24H,5-6,9-10H2,1H3. The van der Waals surface area contributed by atoms with Crippen molar-refractivity contribution in [1.29, 1.82) is 0 Å². The Labute approximate surface area is 157 Å². The van der Waals surface area contributed by atoms with Crippen molar-refractivity contribution < 1.29 is 18.0 Å². The van der Waals surface area contributed by atoms with Crippen LogP contribution in [0.4, 0.5) is 13.2 Å². The van der Waals surface area contributed by atoms with E-state index in [1.54, 1.807) is 18.2 Å². The SMILES string of the molecule is Cc1nc2c(-c3ccccc3)c(C(F)(F)F)[nH]n2c(=O)c1C(=O)N1CCCC1. The van der Waals surface area contributed by atoms with Gasteiger partial charge in [0.2, 0.25) is 0 Å². The highest BCUT2D eigenvalue weighted by atomic mass is 19.4. The second kappa shape index (κ2) is 6.50. The number of hydrogen-bond acceptors (Lipinski definition) is 3. The van der Waals surface area contributed by atoms with Crippen molar-refractivity contribution in [3.8, 4) is 11.1 Å². The van der Waals surface area contributed by atoms with Gasteiger partial charge in [0.15, 0.2) is 5.65 Å². The molecule has 0 spiro atoms. The van der Waals surface area contributed by atoms with Crippen molar-refractivity contribution >= 4 is 11.6 Å². The van der Waals surface area contributed by atoms with E-state index in [9.17, 15) is 22.8 Å². The summed E-state index contributed by atoms with van der Waals surface area (Å²) in [5, 5.41) is 2.13. The maximum Gasteiger partial charge on any atom is 0.433 e. The molecule has 0 saturated carbocycles. The Morgan fingerprint density at radius 2 is 1.79 bits per heavy atom. The lowest BCUT2D eigenvalue weighted by Gasteiger charge is -2.15. The number of H-pyrrole nitrogens is 1. The van der Waals surface area contributed by atoms with Crippen LogP contribution in [0.25, 0.3) is 16.8 Å². The number of halogens is 3. The number of benzene rings is 1. The van der Waals surface area contributed by atoms with Crippen LogP contribution in [0.15, 0.2) is 35.1 Å². The number of likely N-dealkylation sites (tertiary alicyclic amines) is 1. The Balaban J connectivity index is 2.00. The number of aromatic amines is 1. The zero-order valence-corrected chi connectivity index (χ0v) is 15.0. The molecule has 1 aliphatic rings. The van der Waals surface area contributed by atoms with Gasteiger partial charge in [-0.2, -0.15) is 17.7 Å². The third kappa shape index (κ3) is 2.87. The molecule has 146 valence electrons. The van der Waals surface area contributed by atoms with Crippen LogP contribution in [-0.2, 0) is 6.18 Å². The normalized spacial score (nSPS) is 14.8. The molecule has 0 radical (unpaired) electrons. The van der Waals surface area contributed by atoms with Gasteiger partial charge in [0.05, 0.1) is 11.3 Å². The Hall–Kier alpha value is -3.10. The topological polar surface area (TPSA) is 70.5 Å². The fraction of sp³-hybridized carbons (Fsp3) is 0.316. The monoisotopic (exact) mass is 390 g/mol. The largest absolute Gasteiger partial charge is 0.433 e. The fourth-order valence-corrected chi connectivity index (χ4v) is 3.59. The zero-order valence-electron chi connectivity index (χ0n) is 15.0. The minimum absolute atomic E-state index is 0.117. The lowest BCUT2D eigenvalue weighted by molar-refractivity contribution is -0.140. The van der Waals surface area contributed by atoms with Gasteiger partial charge in [0.1, 0.15) is 11.3 Å². The van der Waals surface area contributed by atoms with Gasteiger partial charge in [0.25, 0.3) is 11.5 Å². The van der Waals surface area contributed by atoms with Crippen molar-refractivity contribution in [2.24, 2.45) is 0 Å². The number of fused-ring (bicyclic) bond motifs is 1. The number of amides is 1. The van der Waals surface area contributed by atoms with Gasteiger partial charge in [-0.25, -0.2) is 4.98 Å². The van der Waals surface area contributed by atoms with Crippen LogP contribution in [0.2, 0.25) is 0 Å². The number of nitrogens with one attached hydrogen (secondary N) is 1. The quantitative estimate of drug-likeness (QED) is 0.730. The summed E-state index contributed by atoms with van der Waals surface area (Å²) in [4.78, 5) is 31.4. The smallest absolute Gasteiger partial charge is 0.338 e. The molecule has 6 nitrogen and oxygen atoms in total. The molecule has 3 aromatic rings. The molecule has 1 fully saturated rings. The molecule has 0 aliphatic carbocycles. The summed E-state index contributed by atoms with van der Waals surface area (Å²) in [6, 6.07) is 7.93. The maximum absolute atomic E-state index is 13.7. The fourth-order valence-electron chi connectivity index (χ4n) is 3.59. The number of nitrogens with zero attached hydrogens (tertiary/aromatic N) is 3. The van der Waals surface area contributed by atoms with E-state index in [0.717, 1.165) is 17.4 Å².